The lowest BCUT2D eigenvalue weighted by atomic mass is 10.1. The molecule has 0 saturated heterocycles. The molecule has 0 aliphatic heterocycles. The Bertz CT molecular complexity index is 521. The topological polar surface area (TPSA) is 113 Å². The monoisotopic (exact) mass is 269 g/mol. The number of carbonyl (C=O) groups excluding carboxylic acids is 3. The van der Waals surface area contributed by atoms with Gasteiger partial charge in [-0.05, 0) is 13.8 Å². The molecule has 0 bridgehead atoms. The average molecular weight is 269 g/mol. The van der Waals surface area contributed by atoms with Gasteiger partial charge in [-0.15, -0.1) is 0 Å². The van der Waals surface area contributed by atoms with Gasteiger partial charge in [0.25, 0.3) is 0 Å². The Morgan fingerprint density at radius 3 is 2.47 bits per heavy atom. The van der Waals surface area contributed by atoms with Crippen LogP contribution in [0.5, 0.6) is 0 Å². The van der Waals surface area contributed by atoms with Crippen molar-refractivity contribution in [1.29, 1.82) is 0 Å². The zero-order chi connectivity index (χ0) is 14.6. The summed E-state index contributed by atoms with van der Waals surface area (Å²) in [5.41, 5.74) is 7.58. The second-order valence-corrected chi connectivity index (χ2v) is 3.56. The average Bonchev–Trinajstić information content (AvgIpc) is 2.65. The number of esters is 2. The van der Waals surface area contributed by atoms with E-state index in [4.69, 9.17) is 10.5 Å². The van der Waals surface area contributed by atoms with Crippen LogP contribution in [0.1, 0.15) is 33.3 Å². The summed E-state index contributed by atoms with van der Waals surface area (Å²) in [4.78, 5) is 34.3. The van der Waals surface area contributed by atoms with Gasteiger partial charge in [0.1, 0.15) is 0 Å². The summed E-state index contributed by atoms with van der Waals surface area (Å²) >= 11 is 0. The number of amides is 2. The van der Waals surface area contributed by atoms with E-state index in [1.807, 2.05) is 0 Å². The van der Waals surface area contributed by atoms with Crippen molar-refractivity contribution in [3.8, 4) is 0 Å². The van der Waals surface area contributed by atoms with E-state index in [-0.39, 0.29) is 17.7 Å². The van der Waals surface area contributed by atoms with Gasteiger partial charge in [-0.2, -0.15) is 0 Å². The number of hydrogen-bond donors (Lipinski definition) is 2. The summed E-state index contributed by atoms with van der Waals surface area (Å²) in [6.07, 6.45) is 1.25. The van der Waals surface area contributed by atoms with Crippen LogP contribution in [0.25, 0.3) is 0 Å². The van der Waals surface area contributed by atoms with Crippen LogP contribution in [-0.4, -0.2) is 36.4 Å². The van der Waals surface area contributed by atoms with Crippen molar-refractivity contribution in [2.75, 3.05) is 19.1 Å². The van der Waals surface area contributed by atoms with Gasteiger partial charge in [0.05, 0.1) is 30.5 Å². The number of nitrogens with zero attached hydrogens (tertiary/aromatic N) is 1. The molecule has 104 valence electrons. The normalized spacial score (nSPS) is 9.84. The first-order valence-electron chi connectivity index (χ1n) is 5.46. The highest BCUT2D eigenvalue weighted by atomic mass is 16.5. The number of aromatic nitrogens is 1. The lowest BCUT2D eigenvalue weighted by molar-refractivity contribution is 0.0504. The lowest BCUT2D eigenvalue weighted by Crippen LogP contribution is -2.28. The first-order valence-corrected chi connectivity index (χ1v) is 5.46. The molecule has 0 aromatic carbocycles. The van der Waals surface area contributed by atoms with Gasteiger partial charge in [-0.1, -0.05) is 0 Å². The maximum atomic E-state index is 11.8. The van der Waals surface area contributed by atoms with Gasteiger partial charge in [0, 0.05) is 6.20 Å². The van der Waals surface area contributed by atoms with Gasteiger partial charge in [0.2, 0.25) is 0 Å². The number of hydrogen-bond acceptors (Lipinski definition) is 5. The second kappa shape index (κ2) is 5.89. The first kappa shape index (κ1) is 14.6. The van der Waals surface area contributed by atoms with Gasteiger partial charge >= 0.3 is 18.0 Å². The van der Waals surface area contributed by atoms with Crippen molar-refractivity contribution in [2.45, 2.75) is 13.8 Å². The quantitative estimate of drug-likeness (QED) is 0.767. The van der Waals surface area contributed by atoms with E-state index in [1.54, 1.807) is 6.92 Å². The first-order chi connectivity index (χ1) is 8.92. The fourth-order valence-corrected chi connectivity index (χ4v) is 1.57. The van der Waals surface area contributed by atoms with E-state index in [0.717, 1.165) is 0 Å². The zero-order valence-electron chi connectivity index (χ0n) is 10.9. The molecule has 8 heteroatoms. The number of ether oxygens (including phenoxy) is 2. The molecule has 1 heterocycles. The van der Waals surface area contributed by atoms with Crippen molar-refractivity contribution in [2.24, 2.45) is 5.73 Å². The molecule has 0 fully saturated rings. The SMILES string of the molecule is CCOC(=O)c1c(C(=O)OC)cn(NC(N)=O)c1C. The molecular weight excluding hydrogens is 254 g/mol. The summed E-state index contributed by atoms with van der Waals surface area (Å²) in [5, 5.41) is 0. The van der Waals surface area contributed by atoms with Crippen molar-refractivity contribution in [3.05, 3.63) is 23.0 Å². The summed E-state index contributed by atoms with van der Waals surface area (Å²) in [7, 11) is 1.19. The Kier molecular flexibility index (Phi) is 4.51. The van der Waals surface area contributed by atoms with Crippen LogP contribution >= 0.6 is 0 Å². The second-order valence-electron chi connectivity index (χ2n) is 3.56. The molecule has 0 spiro atoms. The number of methoxy groups -OCH3 is 1. The van der Waals surface area contributed by atoms with Crippen LogP contribution < -0.4 is 11.2 Å². The molecule has 0 radical (unpaired) electrons. The third kappa shape index (κ3) is 3.03. The van der Waals surface area contributed by atoms with Crippen LogP contribution in [-0.2, 0) is 9.47 Å². The molecular formula is C11H15N3O5. The molecule has 0 aliphatic rings. The largest absolute Gasteiger partial charge is 0.465 e. The number of carbonyl (C=O) groups is 3. The molecule has 1 rings (SSSR count). The highest BCUT2D eigenvalue weighted by Gasteiger charge is 2.25. The van der Waals surface area contributed by atoms with Crippen molar-refractivity contribution < 1.29 is 23.9 Å². The van der Waals surface area contributed by atoms with Gasteiger partial charge in [-0.25, -0.2) is 19.8 Å². The maximum absolute atomic E-state index is 11.8. The summed E-state index contributed by atoms with van der Waals surface area (Å²) in [6, 6.07) is -0.829. The molecule has 19 heavy (non-hydrogen) atoms. The molecule has 3 N–H and O–H groups in total. The standard InChI is InChI=1S/C11H15N3O5/c1-4-19-10(16)8-6(2)14(13-11(12)17)5-7(8)9(15)18-3/h5H,4H2,1-3H3,(H3,12,13,17). The number of urea groups is 1. The van der Waals surface area contributed by atoms with Gasteiger partial charge in [-0.3, -0.25) is 4.68 Å². The van der Waals surface area contributed by atoms with E-state index >= 15 is 0 Å². The Labute approximate surface area is 109 Å². The smallest absolute Gasteiger partial charge is 0.340 e. The molecule has 8 nitrogen and oxygen atoms in total. The predicted octanol–water partition coefficient (Wildman–Crippen LogP) is 0.382. The van der Waals surface area contributed by atoms with Gasteiger partial charge in [0.15, 0.2) is 0 Å². The molecule has 0 unspecified atom stereocenters. The number of rotatable bonds is 4. The van der Waals surface area contributed by atoms with Crippen LogP contribution in [0, 0.1) is 6.92 Å². The fourth-order valence-electron chi connectivity index (χ4n) is 1.57. The minimum absolute atomic E-state index is 0.00722. The molecule has 1 aromatic heterocycles. The van der Waals surface area contributed by atoms with Crippen molar-refractivity contribution in [3.63, 3.8) is 0 Å². The molecule has 0 atom stereocenters. The summed E-state index contributed by atoms with van der Waals surface area (Å²) in [5.74, 6) is -1.39. The zero-order valence-corrected chi connectivity index (χ0v) is 10.9. The minimum Gasteiger partial charge on any atom is -0.465 e. The molecule has 2 amide bonds. The summed E-state index contributed by atoms with van der Waals surface area (Å²) < 4.78 is 10.6. The molecule has 0 aliphatic carbocycles. The van der Waals surface area contributed by atoms with E-state index < -0.39 is 18.0 Å². The van der Waals surface area contributed by atoms with Crippen LogP contribution in [0.3, 0.4) is 0 Å². The maximum Gasteiger partial charge on any atom is 0.340 e. The van der Waals surface area contributed by atoms with Gasteiger partial charge < -0.3 is 15.2 Å². The predicted molar refractivity (Wildman–Crippen MR) is 65.4 cm³/mol. The van der Waals surface area contributed by atoms with Crippen molar-refractivity contribution in [1.82, 2.24) is 4.68 Å². The third-order valence-corrected chi connectivity index (χ3v) is 2.37. The Morgan fingerprint density at radius 1 is 1.37 bits per heavy atom. The fraction of sp³-hybridized carbons (Fsp3) is 0.364. The highest BCUT2D eigenvalue weighted by molar-refractivity contribution is 6.04. The Hall–Kier alpha value is -2.51. The lowest BCUT2D eigenvalue weighted by Gasteiger charge is -2.06. The molecule has 0 saturated carbocycles. The van der Waals surface area contributed by atoms with Crippen LogP contribution in [0.2, 0.25) is 0 Å². The van der Waals surface area contributed by atoms with Crippen LogP contribution in [0.4, 0.5) is 4.79 Å². The van der Waals surface area contributed by atoms with E-state index in [9.17, 15) is 14.4 Å². The van der Waals surface area contributed by atoms with E-state index in [2.05, 4.69) is 10.2 Å². The summed E-state index contributed by atoms with van der Waals surface area (Å²) in [6.45, 7) is 3.34. The van der Waals surface area contributed by atoms with E-state index in [0.29, 0.717) is 5.69 Å². The third-order valence-electron chi connectivity index (χ3n) is 2.37. The number of primary amides is 1. The van der Waals surface area contributed by atoms with Crippen molar-refractivity contribution >= 4 is 18.0 Å². The minimum atomic E-state index is -0.829. The molecule has 1 aromatic rings. The number of nitrogens with one attached hydrogen (secondary N) is 1. The Balaban J connectivity index is 3.31. The van der Waals surface area contributed by atoms with Crippen LogP contribution in [0.15, 0.2) is 6.20 Å². The highest BCUT2D eigenvalue weighted by Crippen LogP contribution is 2.18. The Morgan fingerprint density at radius 2 is 2.00 bits per heavy atom. The van der Waals surface area contributed by atoms with E-state index in [1.165, 1.54) is 24.9 Å². The number of nitrogens with two attached hydrogens (primary N) is 1.